The molecule has 1 aliphatic rings. The third-order valence-electron chi connectivity index (χ3n) is 4.99. The van der Waals surface area contributed by atoms with Crippen LogP contribution in [0.5, 0.6) is 0 Å². The highest BCUT2D eigenvalue weighted by molar-refractivity contribution is 6.35. The number of urea groups is 1. The molecule has 1 aromatic heterocycles. The Balaban J connectivity index is 1.52. The maximum Gasteiger partial charge on any atom is 0.321 e. The Bertz CT molecular complexity index is 1100. The Morgan fingerprint density at radius 2 is 2.07 bits per heavy atom. The normalized spacial score (nSPS) is 12.7. The summed E-state index contributed by atoms with van der Waals surface area (Å²) in [4.78, 5) is 31.0. The second-order valence-electron chi connectivity index (χ2n) is 6.91. The molecule has 0 bridgehead atoms. The summed E-state index contributed by atoms with van der Waals surface area (Å²) in [6.45, 7) is 3.10. The number of carbonyl (C=O) groups excluding carboxylic acids is 2. The van der Waals surface area contributed by atoms with Crippen LogP contribution in [0, 0.1) is 0 Å². The molecule has 1 aliphatic heterocycles. The zero-order valence-electron chi connectivity index (χ0n) is 16.0. The molecule has 6 nitrogen and oxygen atoms in total. The van der Waals surface area contributed by atoms with Crippen molar-refractivity contribution in [1.82, 2.24) is 10.3 Å². The number of hydrogen-bond donors (Lipinski definition) is 2. The third-order valence-corrected chi connectivity index (χ3v) is 5.32. The summed E-state index contributed by atoms with van der Waals surface area (Å²) >= 11 is 6.23. The molecule has 0 saturated carbocycles. The van der Waals surface area contributed by atoms with Crippen molar-refractivity contribution in [1.29, 1.82) is 0 Å². The molecule has 2 aromatic carbocycles. The first-order valence-corrected chi connectivity index (χ1v) is 9.95. The molecular formula is C22H21ClN4O2. The number of nitrogens with zero attached hydrogens (tertiary/aromatic N) is 2. The lowest BCUT2D eigenvalue weighted by molar-refractivity contribution is -0.115. The van der Waals surface area contributed by atoms with Crippen molar-refractivity contribution < 1.29 is 9.59 Å². The van der Waals surface area contributed by atoms with Gasteiger partial charge in [-0.2, -0.15) is 0 Å². The molecule has 0 radical (unpaired) electrons. The summed E-state index contributed by atoms with van der Waals surface area (Å²) in [5.41, 5.74) is 4.14. The molecule has 2 heterocycles. The van der Waals surface area contributed by atoms with Gasteiger partial charge < -0.3 is 10.6 Å². The van der Waals surface area contributed by atoms with Gasteiger partial charge in [0, 0.05) is 35.4 Å². The van der Waals surface area contributed by atoms with Gasteiger partial charge in [-0.25, -0.2) is 4.79 Å². The van der Waals surface area contributed by atoms with E-state index >= 15 is 0 Å². The van der Waals surface area contributed by atoms with Gasteiger partial charge >= 0.3 is 6.03 Å². The fourth-order valence-corrected chi connectivity index (χ4v) is 3.85. The first-order valence-electron chi connectivity index (χ1n) is 9.57. The van der Waals surface area contributed by atoms with E-state index in [0.29, 0.717) is 23.8 Å². The van der Waals surface area contributed by atoms with Gasteiger partial charge in [0.25, 0.3) is 0 Å². The number of rotatable bonds is 4. The summed E-state index contributed by atoms with van der Waals surface area (Å²) in [6.07, 6.45) is 2.68. The Kier molecular flexibility index (Phi) is 5.36. The lowest BCUT2D eigenvalue weighted by Gasteiger charge is -2.18. The molecule has 0 aliphatic carbocycles. The number of benzene rings is 2. The zero-order chi connectivity index (χ0) is 20.4. The van der Waals surface area contributed by atoms with E-state index in [4.69, 9.17) is 11.6 Å². The van der Waals surface area contributed by atoms with Crippen molar-refractivity contribution >= 4 is 45.8 Å². The highest BCUT2D eigenvalue weighted by Gasteiger charge is 2.24. The minimum absolute atomic E-state index is 0.117. The second kappa shape index (κ2) is 8.09. The van der Waals surface area contributed by atoms with Gasteiger partial charge in [-0.05, 0) is 54.8 Å². The van der Waals surface area contributed by atoms with E-state index in [1.165, 1.54) is 0 Å². The third kappa shape index (κ3) is 3.89. The van der Waals surface area contributed by atoms with Gasteiger partial charge in [-0.1, -0.05) is 23.7 Å². The summed E-state index contributed by atoms with van der Waals surface area (Å²) < 4.78 is 0. The monoisotopic (exact) mass is 408 g/mol. The quantitative estimate of drug-likeness (QED) is 0.680. The Hall–Kier alpha value is -3.12. The van der Waals surface area contributed by atoms with Gasteiger partial charge in [0.2, 0.25) is 5.91 Å². The van der Waals surface area contributed by atoms with Crippen LogP contribution < -0.4 is 15.5 Å². The zero-order valence-corrected chi connectivity index (χ0v) is 16.8. The van der Waals surface area contributed by atoms with Crippen LogP contribution in [0.25, 0.3) is 10.9 Å². The Morgan fingerprint density at radius 3 is 2.90 bits per heavy atom. The van der Waals surface area contributed by atoms with Crippen molar-refractivity contribution in [3.05, 3.63) is 64.8 Å². The van der Waals surface area contributed by atoms with Crippen LogP contribution in [-0.2, 0) is 17.6 Å². The standard InChI is InChI=1S/C22H21ClN4O2/c1-2-24-22(29)27-11-9-14-5-7-16(13-19(14)27)26-20(28)12-15-6-8-18(23)17-4-3-10-25-21(15)17/h3-8,10,13H,2,9,11-12H2,1H3,(H,24,29)(H,26,28). The molecule has 0 atom stereocenters. The Morgan fingerprint density at radius 1 is 1.21 bits per heavy atom. The minimum Gasteiger partial charge on any atom is -0.338 e. The highest BCUT2D eigenvalue weighted by atomic mass is 35.5. The van der Waals surface area contributed by atoms with E-state index in [0.717, 1.165) is 34.1 Å². The molecule has 0 fully saturated rings. The SMILES string of the molecule is CCNC(=O)N1CCc2ccc(NC(=O)Cc3ccc(Cl)c4cccnc34)cc21. The lowest BCUT2D eigenvalue weighted by Crippen LogP contribution is -2.38. The van der Waals surface area contributed by atoms with Crippen LogP contribution in [0.2, 0.25) is 5.02 Å². The average Bonchev–Trinajstić information content (AvgIpc) is 3.14. The molecule has 3 amide bonds. The van der Waals surface area contributed by atoms with E-state index in [9.17, 15) is 9.59 Å². The smallest absolute Gasteiger partial charge is 0.321 e. The second-order valence-corrected chi connectivity index (χ2v) is 7.32. The number of fused-ring (bicyclic) bond motifs is 2. The van der Waals surface area contributed by atoms with E-state index in [1.54, 1.807) is 17.2 Å². The van der Waals surface area contributed by atoms with Crippen LogP contribution in [0.3, 0.4) is 0 Å². The average molecular weight is 409 g/mol. The molecule has 4 rings (SSSR count). The maximum absolute atomic E-state index is 12.7. The van der Waals surface area contributed by atoms with Gasteiger partial charge in [-0.3, -0.25) is 14.7 Å². The number of carbonyl (C=O) groups is 2. The fraction of sp³-hybridized carbons (Fsp3) is 0.227. The van der Waals surface area contributed by atoms with Crippen molar-refractivity contribution in [2.75, 3.05) is 23.3 Å². The summed E-state index contributed by atoms with van der Waals surface area (Å²) in [7, 11) is 0. The highest BCUT2D eigenvalue weighted by Crippen LogP contribution is 2.31. The molecule has 0 unspecified atom stereocenters. The molecule has 7 heteroatoms. The van der Waals surface area contributed by atoms with E-state index in [2.05, 4.69) is 15.6 Å². The van der Waals surface area contributed by atoms with E-state index in [1.807, 2.05) is 43.3 Å². The number of nitrogens with one attached hydrogen (secondary N) is 2. The number of halogens is 1. The first kappa shape index (κ1) is 19.2. The summed E-state index contributed by atoms with van der Waals surface area (Å²) in [6, 6.07) is 12.9. The maximum atomic E-state index is 12.7. The van der Waals surface area contributed by atoms with E-state index in [-0.39, 0.29) is 18.4 Å². The largest absolute Gasteiger partial charge is 0.338 e. The van der Waals surface area contributed by atoms with Crippen LogP contribution in [0.15, 0.2) is 48.7 Å². The van der Waals surface area contributed by atoms with Crippen molar-refractivity contribution in [3.8, 4) is 0 Å². The van der Waals surface area contributed by atoms with Gasteiger partial charge in [-0.15, -0.1) is 0 Å². The molecule has 0 saturated heterocycles. The predicted molar refractivity (Wildman–Crippen MR) is 116 cm³/mol. The van der Waals surface area contributed by atoms with Gasteiger partial charge in [0.05, 0.1) is 17.6 Å². The van der Waals surface area contributed by atoms with Crippen LogP contribution in [-0.4, -0.2) is 30.0 Å². The van der Waals surface area contributed by atoms with Gasteiger partial charge in [0.15, 0.2) is 0 Å². The molecular weight excluding hydrogens is 388 g/mol. The van der Waals surface area contributed by atoms with Gasteiger partial charge in [0.1, 0.15) is 0 Å². The first-order chi connectivity index (χ1) is 14.1. The number of pyridine rings is 1. The molecule has 29 heavy (non-hydrogen) atoms. The predicted octanol–water partition coefficient (Wildman–Crippen LogP) is 4.16. The van der Waals surface area contributed by atoms with Crippen LogP contribution in [0.1, 0.15) is 18.1 Å². The van der Waals surface area contributed by atoms with Crippen LogP contribution >= 0.6 is 11.6 Å². The van der Waals surface area contributed by atoms with Crippen molar-refractivity contribution in [2.24, 2.45) is 0 Å². The molecule has 148 valence electrons. The number of anilines is 2. The molecule has 2 N–H and O–H groups in total. The van der Waals surface area contributed by atoms with Crippen LogP contribution in [0.4, 0.5) is 16.2 Å². The number of hydrogen-bond acceptors (Lipinski definition) is 3. The molecule has 3 aromatic rings. The lowest BCUT2D eigenvalue weighted by atomic mass is 10.1. The topological polar surface area (TPSA) is 74.3 Å². The Labute approximate surface area is 173 Å². The minimum atomic E-state index is -0.151. The fourth-order valence-electron chi connectivity index (χ4n) is 3.63. The van der Waals surface area contributed by atoms with E-state index < -0.39 is 0 Å². The van der Waals surface area contributed by atoms with Crippen molar-refractivity contribution in [3.63, 3.8) is 0 Å². The summed E-state index contributed by atoms with van der Waals surface area (Å²) in [5, 5.41) is 7.20. The number of aromatic nitrogens is 1. The summed E-state index contributed by atoms with van der Waals surface area (Å²) in [5.74, 6) is -0.151. The number of amides is 3. The molecule has 0 spiro atoms. The van der Waals surface area contributed by atoms with Crippen molar-refractivity contribution in [2.45, 2.75) is 19.8 Å².